The Labute approximate surface area is 234 Å². The van der Waals surface area contributed by atoms with Gasteiger partial charge >= 0.3 is 5.97 Å². The van der Waals surface area contributed by atoms with Crippen LogP contribution in [-0.4, -0.2) is 70.3 Å². The summed E-state index contributed by atoms with van der Waals surface area (Å²) in [5, 5.41) is 9.11. The largest absolute Gasteiger partial charge is 0.459 e. The smallest absolute Gasteiger partial charge is 0.329 e. The topological polar surface area (TPSA) is 169 Å². The van der Waals surface area contributed by atoms with Gasteiger partial charge < -0.3 is 31.3 Å². The van der Waals surface area contributed by atoms with Gasteiger partial charge in [-0.15, -0.1) is 0 Å². The summed E-state index contributed by atoms with van der Waals surface area (Å²) in [6, 6.07) is 7.23. The second-order valence-electron chi connectivity index (χ2n) is 10.1. The first-order chi connectivity index (χ1) is 18.5. The molecule has 2 aliphatic rings. The van der Waals surface area contributed by atoms with Crippen LogP contribution in [0.25, 0.3) is 0 Å². The van der Waals surface area contributed by atoms with Gasteiger partial charge in [-0.3, -0.25) is 14.4 Å². The van der Waals surface area contributed by atoms with Crippen molar-refractivity contribution in [2.75, 3.05) is 30.3 Å². The number of primary amides is 1. The molecule has 3 amide bonds. The van der Waals surface area contributed by atoms with Crippen LogP contribution in [-0.2, 0) is 30.3 Å². The number of benzene rings is 1. The van der Waals surface area contributed by atoms with Crippen molar-refractivity contribution < 1.29 is 23.9 Å². The number of hydrogen-bond donors (Lipinski definition) is 4. The Balaban J connectivity index is 1.26. The molecule has 2 aromatic rings. The predicted molar refractivity (Wildman–Crippen MR) is 147 cm³/mol. The molecule has 0 aliphatic carbocycles. The number of fused-ring (bicyclic) bond motifs is 2. The van der Waals surface area contributed by atoms with Gasteiger partial charge in [0.2, 0.25) is 23.7 Å². The van der Waals surface area contributed by atoms with Crippen molar-refractivity contribution >= 4 is 57.1 Å². The van der Waals surface area contributed by atoms with Crippen LogP contribution in [0.2, 0.25) is 0 Å². The van der Waals surface area contributed by atoms with Crippen LogP contribution in [0.1, 0.15) is 38.7 Å². The first-order valence-corrected chi connectivity index (χ1v) is 13.5. The number of carbonyl (C=O) groups excluding carboxylic acids is 4. The Morgan fingerprint density at radius 3 is 2.77 bits per heavy atom. The zero-order chi connectivity index (χ0) is 28.2. The Bertz CT molecular complexity index is 1270. The summed E-state index contributed by atoms with van der Waals surface area (Å²) in [4.78, 5) is 58.4. The number of nitrogens with one attached hydrogen (secondary N) is 3. The molecule has 5 N–H and O–H groups in total. The average Bonchev–Trinajstić information content (AvgIpc) is 3.48. The van der Waals surface area contributed by atoms with Crippen LogP contribution in [0.5, 0.6) is 0 Å². The molecule has 2 fully saturated rings. The molecule has 2 bridgehead atoms. The number of hydrogen-bond acceptors (Lipinski definition) is 9. The van der Waals surface area contributed by atoms with Crippen LogP contribution in [0.3, 0.4) is 0 Å². The molecule has 1 aromatic carbocycles. The summed E-state index contributed by atoms with van der Waals surface area (Å²) < 4.78 is 5.84. The minimum absolute atomic E-state index is 0.0411. The maximum atomic E-state index is 12.7. The van der Waals surface area contributed by atoms with Gasteiger partial charge in [-0.1, -0.05) is 12.1 Å². The second kappa shape index (κ2) is 12.0. The fraction of sp³-hybridized carbons (Fsp3) is 0.462. The number of esters is 1. The molecule has 0 unspecified atom stereocenters. The molecule has 208 valence electrons. The highest BCUT2D eigenvalue weighted by Crippen LogP contribution is 2.30. The number of aromatic nitrogens is 2. The Morgan fingerprint density at radius 1 is 1.26 bits per heavy atom. The fourth-order valence-electron chi connectivity index (χ4n) is 4.33. The Morgan fingerprint density at radius 2 is 2.05 bits per heavy atom. The monoisotopic (exact) mass is 601 g/mol. The predicted octanol–water partition coefficient (Wildman–Crippen LogP) is 1.87. The minimum atomic E-state index is -1.26. The van der Waals surface area contributed by atoms with Gasteiger partial charge in [-0.05, 0) is 60.3 Å². The molecule has 0 radical (unpaired) electrons. The van der Waals surface area contributed by atoms with E-state index in [2.05, 4.69) is 41.8 Å². The van der Waals surface area contributed by atoms with Crippen molar-refractivity contribution in [1.82, 2.24) is 20.2 Å². The van der Waals surface area contributed by atoms with Crippen molar-refractivity contribution in [3.8, 4) is 0 Å². The summed E-state index contributed by atoms with van der Waals surface area (Å²) in [5.74, 6) is -0.465. The lowest BCUT2D eigenvalue weighted by Crippen LogP contribution is -2.46. The van der Waals surface area contributed by atoms with E-state index in [1.165, 1.54) is 13.8 Å². The first-order valence-electron chi connectivity index (χ1n) is 12.7. The molecule has 1 aromatic heterocycles. The van der Waals surface area contributed by atoms with E-state index < -0.39 is 23.3 Å². The average molecular weight is 602 g/mol. The van der Waals surface area contributed by atoms with Crippen LogP contribution in [0.15, 0.2) is 34.9 Å². The summed E-state index contributed by atoms with van der Waals surface area (Å²) in [6.45, 7) is 4.35. The lowest BCUT2D eigenvalue weighted by Gasteiger charge is -2.25. The van der Waals surface area contributed by atoms with E-state index in [1.54, 1.807) is 11.1 Å². The van der Waals surface area contributed by atoms with Gasteiger partial charge in [0.25, 0.3) is 0 Å². The summed E-state index contributed by atoms with van der Waals surface area (Å²) >= 11 is 3.44. The van der Waals surface area contributed by atoms with Crippen LogP contribution >= 0.6 is 15.9 Å². The van der Waals surface area contributed by atoms with Crippen molar-refractivity contribution in [3.63, 3.8) is 0 Å². The van der Waals surface area contributed by atoms with E-state index in [1.807, 2.05) is 24.3 Å². The van der Waals surface area contributed by atoms with Gasteiger partial charge in [-0.25, -0.2) is 9.78 Å². The molecule has 12 nitrogen and oxygen atoms in total. The lowest BCUT2D eigenvalue weighted by atomic mass is 9.91. The van der Waals surface area contributed by atoms with Gasteiger partial charge in [0.15, 0.2) is 0 Å². The number of anilines is 3. The van der Waals surface area contributed by atoms with Crippen molar-refractivity contribution in [2.45, 2.75) is 51.7 Å². The van der Waals surface area contributed by atoms with E-state index >= 15 is 0 Å². The number of morpholine rings is 1. The molecule has 4 rings (SSSR count). The SMILES string of the molecule is CC(C)(C(N)=O)C(=O)NCCCNc1nc(Nc2cccc(CCC(=O)N3C[C@H]4C[C@@H]3C(=O)O4)c2)ncc1Br. The maximum absolute atomic E-state index is 12.7. The normalized spacial score (nSPS) is 18.0. The number of carbonyl (C=O) groups is 4. The standard InChI is InChI=1S/C26H32BrN7O5/c1-26(2,23(28)37)24(38)30-10-4-9-29-21-18(27)13-31-25(33-21)32-16-6-3-5-15(11-16)7-8-20(35)34-14-17-12-19(34)22(36)39-17/h3,5-6,11,13,17,19H,4,7-10,12,14H2,1-2H3,(H2,28,37)(H,30,38)(H2,29,31,32,33)/t17-,19-/m1/s1. The third-order valence-electron chi connectivity index (χ3n) is 6.81. The fourth-order valence-corrected chi connectivity index (χ4v) is 4.67. The van der Waals surface area contributed by atoms with E-state index in [9.17, 15) is 19.2 Å². The van der Waals surface area contributed by atoms with E-state index in [0.717, 1.165) is 11.3 Å². The Kier molecular flexibility index (Phi) is 8.68. The highest BCUT2D eigenvalue weighted by atomic mass is 79.9. The Hall–Kier alpha value is -3.74. The first kappa shape index (κ1) is 28.3. The minimum Gasteiger partial charge on any atom is -0.459 e. The molecule has 2 atom stereocenters. The number of nitrogens with two attached hydrogens (primary N) is 1. The van der Waals surface area contributed by atoms with E-state index in [0.29, 0.717) is 61.6 Å². The van der Waals surface area contributed by atoms with Gasteiger partial charge in [0.05, 0.1) is 11.0 Å². The molecular formula is C26H32BrN7O5. The summed E-state index contributed by atoms with van der Waals surface area (Å²) in [6.07, 6.45) is 3.51. The summed E-state index contributed by atoms with van der Waals surface area (Å²) in [7, 11) is 0. The number of likely N-dealkylation sites (tertiary alicyclic amines) is 1. The second-order valence-corrected chi connectivity index (χ2v) is 11.0. The van der Waals surface area contributed by atoms with Crippen molar-refractivity contribution in [1.29, 1.82) is 0 Å². The number of nitrogens with zero attached hydrogens (tertiary/aromatic N) is 3. The van der Waals surface area contributed by atoms with Gasteiger partial charge in [0, 0.05) is 37.8 Å². The molecule has 39 heavy (non-hydrogen) atoms. The van der Waals surface area contributed by atoms with Crippen LogP contribution < -0.4 is 21.7 Å². The molecule has 3 heterocycles. The number of rotatable bonds is 12. The zero-order valence-corrected chi connectivity index (χ0v) is 23.4. The number of halogens is 1. The highest BCUT2D eigenvalue weighted by Gasteiger charge is 2.48. The molecule has 13 heteroatoms. The van der Waals surface area contributed by atoms with E-state index in [4.69, 9.17) is 10.5 Å². The van der Waals surface area contributed by atoms with Crippen molar-refractivity contribution in [3.05, 3.63) is 40.5 Å². The molecule has 2 aliphatic heterocycles. The van der Waals surface area contributed by atoms with Gasteiger partial charge in [0.1, 0.15) is 23.4 Å². The maximum Gasteiger partial charge on any atom is 0.329 e. The summed E-state index contributed by atoms with van der Waals surface area (Å²) in [5.41, 5.74) is 5.75. The van der Waals surface area contributed by atoms with Crippen LogP contribution in [0.4, 0.5) is 17.5 Å². The number of aryl methyl sites for hydroxylation is 1. The number of ether oxygens (including phenoxy) is 1. The lowest BCUT2D eigenvalue weighted by molar-refractivity contribution is -0.157. The molecule has 0 saturated carbocycles. The van der Waals surface area contributed by atoms with Gasteiger partial charge in [-0.2, -0.15) is 4.98 Å². The zero-order valence-electron chi connectivity index (χ0n) is 21.8. The molecule has 0 spiro atoms. The molecule has 2 saturated heterocycles. The quantitative estimate of drug-likeness (QED) is 0.161. The van der Waals surface area contributed by atoms with E-state index in [-0.39, 0.29) is 18.0 Å². The molecular weight excluding hydrogens is 570 g/mol. The van der Waals surface area contributed by atoms with Crippen LogP contribution in [0, 0.1) is 5.41 Å². The number of amides is 3. The third kappa shape index (κ3) is 6.83. The van der Waals surface area contributed by atoms with Crippen molar-refractivity contribution in [2.24, 2.45) is 11.1 Å². The third-order valence-corrected chi connectivity index (χ3v) is 7.39. The highest BCUT2D eigenvalue weighted by molar-refractivity contribution is 9.10.